The molecule has 0 aromatic rings. The molecule has 0 unspecified atom stereocenters. The SMILES string of the molecule is CC(C)CCC[C@@H](C)[C@H]1CC[C@H]2[C@@H]3CC=C4[C@@H](O[Si](C)(C)C)[C@@H](O[Si](C)(C)C)CC[C@]4(C)[C@H]3CC[C@]12C. The summed E-state index contributed by atoms with van der Waals surface area (Å²) < 4.78 is 13.9. The van der Waals surface area contributed by atoms with Crippen molar-refractivity contribution in [3.05, 3.63) is 11.6 Å². The highest BCUT2D eigenvalue weighted by Crippen LogP contribution is 2.67. The molecule has 214 valence electrons. The molecule has 4 aliphatic carbocycles. The number of allylic oxidation sites excluding steroid dienone is 1. The first-order valence-corrected chi connectivity index (χ1v) is 22.9. The zero-order chi connectivity index (χ0) is 27.4. The zero-order valence-corrected chi connectivity index (χ0v) is 28.6. The van der Waals surface area contributed by atoms with Gasteiger partial charge < -0.3 is 8.85 Å². The van der Waals surface area contributed by atoms with Crippen LogP contribution in [-0.2, 0) is 8.85 Å². The quantitative estimate of drug-likeness (QED) is 0.211. The number of hydrogen-bond acceptors (Lipinski definition) is 2. The molecule has 2 nitrogen and oxygen atoms in total. The van der Waals surface area contributed by atoms with Crippen LogP contribution in [0.5, 0.6) is 0 Å². The smallest absolute Gasteiger partial charge is 0.184 e. The summed E-state index contributed by atoms with van der Waals surface area (Å²) in [6, 6.07) is 0. The summed E-state index contributed by atoms with van der Waals surface area (Å²) in [5, 5.41) is 0. The topological polar surface area (TPSA) is 18.5 Å². The molecule has 0 radical (unpaired) electrons. The van der Waals surface area contributed by atoms with Crippen molar-refractivity contribution >= 4 is 16.6 Å². The normalized spacial score (nSPS) is 41.1. The standard InChI is InChI=1S/C33H62O2Si2/c1-23(2)13-12-14-24(3)26-17-18-27-25-15-16-29-31(35-37(9,10)11)30(34-36(6,7)8)20-22-33(29,5)28(25)19-21-32(26,27)4/h16,23-28,30-31H,12-15,17-22H2,1-11H3/t24-,25+,26-,27+,28+,30+,31-,32-,33-/m1/s1. The molecule has 37 heavy (non-hydrogen) atoms. The summed E-state index contributed by atoms with van der Waals surface area (Å²) in [6.07, 6.45) is 17.0. The van der Waals surface area contributed by atoms with Crippen molar-refractivity contribution < 1.29 is 8.85 Å². The van der Waals surface area contributed by atoms with E-state index >= 15 is 0 Å². The van der Waals surface area contributed by atoms with Crippen LogP contribution in [0.1, 0.15) is 98.8 Å². The Morgan fingerprint density at radius 1 is 0.838 bits per heavy atom. The predicted octanol–water partition coefficient (Wildman–Crippen LogP) is 10.1. The third-order valence-corrected chi connectivity index (χ3v) is 13.3. The van der Waals surface area contributed by atoms with E-state index in [4.69, 9.17) is 8.85 Å². The Hall–Kier alpha value is 0.0938. The minimum Gasteiger partial charge on any atom is -0.412 e. The van der Waals surface area contributed by atoms with Crippen LogP contribution in [0.3, 0.4) is 0 Å². The van der Waals surface area contributed by atoms with Crippen LogP contribution in [0.4, 0.5) is 0 Å². The molecule has 0 N–H and O–H groups in total. The van der Waals surface area contributed by atoms with Crippen molar-refractivity contribution in [1.29, 1.82) is 0 Å². The van der Waals surface area contributed by atoms with Gasteiger partial charge in [0.05, 0.1) is 12.2 Å². The van der Waals surface area contributed by atoms with Gasteiger partial charge in [-0.3, -0.25) is 0 Å². The van der Waals surface area contributed by atoms with Crippen LogP contribution in [0.15, 0.2) is 11.6 Å². The van der Waals surface area contributed by atoms with E-state index < -0.39 is 16.6 Å². The summed E-state index contributed by atoms with van der Waals surface area (Å²) in [7, 11) is -3.32. The molecule has 3 saturated carbocycles. The third kappa shape index (κ3) is 6.23. The Morgan fingerprint density at radius 3 is 2.14 bits per heavy atom. The molecule has 0 saturated heterocycles. The lowest BCUT2D eigenvalue weighted by molar-refractivity contribution is -0.0742. The van der Waals surface area contributed by atoms with Crippen LogP contribution >= 0.6 is 0 Å². The highest BCUT2D eigenvalue weighted by atomic mass is 28.4. The second kappa shape index (κ2) is 10.8. The van der Waals surface area contributed by atoms with Crippen molar-refractivity contribution in [3.8, 4) is 0 Å². The lowest BCUT2D eigenvalue weighted by Gasteiger charge is -2.60. The lowest BCUT2D eigenvalue weighted by Crippen LogP contribution is -2.57. The Kier molecular flexibility index (Phi) is 8.79. The zero-order valence-electron chi connectivity index (χ0n) is 26.6. The highest BCUT2D eigenvalue weighted by molar-refractivity contribution is 6.70. The average Bonchev–Trinajstić information content (AvgIpc) is 3.11. The van der Waals surface area contributed by atoms with Gasteiger partial charge in [-0.2, -0.15) is 0 Å². The molecule has 0 heterocycles. The van der Waals surface area contributed by atoms with E-state index in [1.807, 2.05) is 0 Å². The monoisotopic (exact) mass is 546 g/mol. The Balaban J connectivity index is 1.56. The fourth-order valence-corrected chi connectivity index (χ4v) is 12.0. The summed E-state index contributed by atoms with van der Waals surface area (Å²) in [5.74, 6) is 5.31. The summed E-state index contributed by atoms with van der Waals surface area (Å²) >= 11 is 0. The first kappa shape index (κ1) is 30.1. The molecule has 0 aliphatic heterocycles. The molecule has 4 aliphatic rings. The Labute approximate surface area is 233 Å². The minimum absolute atomic E-state index is 0.184. The van der Waals surface area contributed by atoms with E-state index in [0.717, 1.165) is 35.5 Å². The first-order chi connectivity index (χ1) is 17.1. The number of hydrogen-bond donors (Lipinski definition) is 0. The molecule has 4 heteroatoms. The second-order valence-electron chi connectivity index (χ2n) is 16.7. The van der Waals surface area contributed by atoms with E-state index in [9.17, 15) is 0 Å². The van der Waals surface area contributed by atoms with Crippen molar-refractivity contribution in [2.75, 3.05) is 0 Å². The maximum Gasteiger partial charge on any atom is 0.184 e. The van der Waals surface area contributed by atoms with Gasteiger partial charge in [0, 0.05) is 0 Å². The molecule has 4 rings (SSSR count). The van der Waals surface area contributed by atoms with Gasteiger partial charge in [-0.1, -0.05) is 60.0 Å². The van der Waals surface area contributed by atoms with E-state index in [1.54, 1.807) is 5.57 Å². The molecule has 0 spiro atoms. The molecular weight excluding hydrogens is 485 g/mol. The Morgan fingerprint density at radius 2 is 1.51 bits per heavy atom. The highest BCUT2D eigenvalue weighted by Gasteiger charge is 2.60. The predicted molar refractivity (Wildman–Crippen MR) is 165 cm³/mol. The molecule has 0 amide bonds. The van der Waals surface area contributed by atoms with Gasteiger partial charge in [0.2, 0.25) is 0 Å². The molecular formula is C33H62O2Si2. The average molecular weight is 547 g/mol. The van der Waals surface area contributed by atoms with Gasteiger partial charge in [0.25, 0.3) is 0 Å². The van der Waals surface area contributed by atoms with Crippen molar-refractivity contribution in [2.24, 2.45) is 46.3 Å². The van der Waals surface area contributed by atoms with Crippen molar-refractivity contribution in [3.63, 3.8) is 0 Å². The molecule has 3 fully saturated rings. The number of rotatable bonds is 9. The summed E-state index contributed by atoms with van der Waals surface area (Å²) in [6.45, 7) is 26.9. The minimum atomic E-state index is -1.69. The van der Waals surface area contributed by atoms with Gasteiger partial charge in [-0.05, 0) is 136 Å². The van der Waals surface area contributed by atoms with Crippen molar-refractivity contribution in [1.82, 2.24) is 0 Å². The summed E-state index contributed by atoms with van der Waals surface area (Å²) in [4.78, 5) is 0. The lowest BCUT2D eigenvalue weighted by atomic mass is 9.46. The third-order valence-electron chi connectivity index (χ3n) is 11.3. The van der Waals surface area contributed by atoms with Gasteiger partial charge >= 0.3 is 0 Å². The largest absolute Gasteiger partial charge is 0.412 e. The fraction of sp³-hybridized carbons (Fsp3) is 0.939. The van der Waals surface area contributed by atoms with Crippen LogP contribution in [-0.4, -0.2) is 28.8 Å². The van der Waals surface area contributed by atoms with Crippen LogP contribution in [0, 0.1) is 46.3 Å². The van der Waals surface area contributed by atoms with Gasteiger partial charge in [0.1, 0.15) is 0 Å². The second-order valence-corrected chi connectivity index (χ2v) is 25.6. The molecule has 0 aromatic carbocycles. The van der Waals surface area contributed by atoms with E-state index in [0.29, 0.717) is 10.8 Å². The number of fused-ring (bicyclic) bond motifs is 5. The van der Waals surface area contributed by atoms with E-state index in [1.165, 1.54) is 64.2 Å². The van der Waals surface area contributed by atoms with Crippen molar-refractivity contribution in [2.45, 2.75) is 150 Å². The van der Waals surface area contributed by atoms with Crippen LogP contribution in [0.25, 0.3) is 0 Å². The van der Waals surface area contributed by atoms with Crippen LogP contribution < -0.4 is 0 Å². The van der Waals surface area contributed by atoms with Crippen LogP contribution in [0.2, 0.25) is 39.3 Å². The maximum atomic E-state index is 7.03. The molecule has 0 aromatic heterocycles. The molecule has 9 atom stereocenters. The van der Waals surface area contributed by atoms with E-state index in [-0.39, 0.29) is 12.2 Å². The van der Waals surface area contributed by atoms with Gasteiger partial charge in [-0.15, -0.1) is 0 Å². The fourth-order valence-electron chi connectivity index (χ4n) is 9.80. The van der Waals surface area contributed by atoms with Gasteiger partial charge in [0.15, 0.2) is 16.6 Å². The molecule has 0 bridgehead atoms. The Bertz CT molecular complexity index is 823. The van der Waals surface area contributed by atoms with E-state index in [2.05, 4.69) is 80.0 Å². The summed E-state index contributed by atoms with van der Waals surface area (Å²) in [5.41, 5.74) is 2.51. The maximum absolute atomic E-state index is 7.03. The van der Waals surface area contributed by atoms with Gasteiger partial charge in [-0.25, -0.2) is 0 Å². The first-order valence-electron chi connectivity index (χ1n) is 16.1.